The lowest BCUT2D eigenvalue weighted by atomic mass is 9.57. The van der Waals surface area contributed by atoms with E-state index in [9.17, 15) is 5.26 Å². The summed E-state index contributed by atoms with van der Waals surface area (Å²) in [5.74, 6) is 1.16. The van der Waals surface area contributed by atoms with Crippen LogP contribution in [0.4, 0.5) is 0 Å². The smallest absolute Gasteiger partial charge is 0.198 e. The summed E-state index contributed by atoms with van der Waals surface area (Å²) in [6, 6.07) is 0. The lowest BCUT2D eigenvalue weighted by Gasteiger charge is -2.51. The third kappa shape index (κ3) is 1.81. The molecule has 5 heteroatoms. The highest BCUT2D eigenvalue weighted by molar-refractivity contribution is 5.33. The van der Waals surface area contributed by atoms with Crippen molar-refractivity contribution in [3.05, 3.63) is 0 Å². The molecule has 0 amide bonds. The average Bonchev–Trinajstić information content (AvgIpc) is 3.08. The molecule has 9 atom stereocenters. The Bertz CT molecular complexity index is 494. The van der Waals surface area contributed by atoms with Crippen molar-refractivity contribution in [2.75, 3.05) is 7.11 Å². The van der Waals surface area contributed by atoms with Crippen LogP contribution in [0.5, 0.6) is 0 Å². The Hall–Kier alpha value is -0.200. The van der Waals surface area contributed by atoms with Crippen LogP contribution in [0.2, 0.25) is 0 Å². The van der Waals surface area contributed by atoms with Crippen LogP contribution in [0, 0.1) is 29.1 Å². The van der Waals surface area contributed by atoms with Gasteiger partial charge >= 0.3 is 0 Å². The maximum absolute atomic E-state index is 9.39. The Morgan fingerprint density at radius 2 is 1.78 bits per heavy atom. The summed E-state index contributed by atoms with van der Waals surface area (Å²) in [6.45, 7) is 8.63. The molecule has 9 unspecified atom stereocenters. The van der Waals surface area contributed by atoms with Gasteiger partial charge in [-0.2, -0.15) is 0 Å². The molecule has 0 bridgehead atoms. The van der Waals surface area contributed by atoms with Crippen LogP contribution in [-0.4, -0.2) is 36.1 Å². The first-order chi connectivity index (χ1) is 10.8. The minimum Gasteiger partial charge on any atom is -0.356 e. The molecular weight excluding hydrogens is 296 g/mol. The third-order valence-electron chi connectivity index (χ3n) is 7.68. The second-order valence-electron chi connectivity index (χ2n) is 8.65. The zero-order valence-electron chi connectivity index (χ0n) is 14.9. The molecule has 4 fully saturated rings. The van der Waals surface area contributed by atoms with Gasteiger partial charge in [0.05, 0.1) is 6.10 Å². The second-order valence-corrected chi connectivity index (χ2v) is 8.65. The molecule has 2 heterocycles. The Morgan fingerprint density at radius 1 is 1.04 bits per heavy atom. The molecule has 23 heavy (non-hydrogen) atoms. The quantitative estimate of drug-likeness (QED) is 0.622. The highest BCUT2D eigenvalue weighted by atomic mass is 17.1. The summed E-state index contributed by atoms with van der Waals surface area (Å²) >= 11 is 0. The molecule has 2 saturated carbocycles. The average molecular weight is 326 g/mol. The van der Waals surface area contributed by atoms with Crippen molar-refractivity contribution in [2.24, 2.45) is 29.1 Å². The van der Waals surface area contributed by atoms with Gasteiger partial charge in [0.15, 0.2) is 12.1 Å². The molecule has 132 valence electrons. The molecule has 5 nitrogen and oxygen atoms in total. The van der Waals surface area contributed by atoms with Gasteiger partial charge in [-0.3, -0.25) is 0 Å². The summed E-state index contributed by atoms with van der Waals surface area (Å²) < 4.78 is 18.4. The lowest BCUT2D eigenvalue weighted by molar-refractivity contribution is -0.404. The van der Waals surface area contributed by atoms with E-state index in [1.165, 1.54) is 12.8 Å². The molecule has 0 aromatic rings. The van der Waals surface area contributed by atoms with Gasteiger partial charge in [-0.1, -0.05) is 20.3 Å². The van der Waals surface area contributed by atoms with E-state index in [-0.39, 0.29) is 23.4 Å². The van der Waals surface area contributed by atoms with E-state index < -0.39 is 5.79 Å². The Kier molecular flexibility index (Phi) is 3.48. The second kappa shape index (κ2) is 4.92. The molecule has 0 radical (unpaired) electrons. The first-order valence-corrected chi connectivity index (χ1v) is 9.05. The van der Waals surface area contributed by atoms with E-state index in [0.717, 1.165) is 12.8 Å². The summed E-state index contributed by atoms with van der Waals surface area (Å²) in [7, 11) is 1.73. The van der Waals surface area contributed by atoms with Crippen molar-refractivity contribution in [2.45, 2.75) is 77.2 Å². The number of hydrogen-bond donors (Lipinski definition) is 1. The molecule has 2 saturated heterocycles. The molecule has 0 aromatic carbocycles. The van der Waals surface area contributed by atoms with Gasteiger partial charge < -0.3 is 14.2 Å². The fraction of sp³-hybridized carbons (Fsp3) is 1.00. The van der Waals surface area contributed by atoms with Crippen LogP contribution in [0.3, 0.4) is 0 Å². The highest BCUT2D eigenvalue weighted by Crippen LogP contribution is 2.78. The summed E-state index contributed by atoms with van der Waals surface area (Å²) in [6.07, 6.45) is 3.97. The third-order valence-corrected chi connectivity index (χ3v) is 7.68. The van der Waals surface area contributed by atoms with E-state index >= 15 is 0 Å². The summed E-state index contributed by atoms with van der Waals surface area (Å²) in [4.78, 5) is 4.76. The van der Waals surface area contributed by atoms with Crippen LogP contribution < -0.4 is 0 Å². The number of rotatable bonds is 2. The predicted octanol–water partition coefficient (Wildman–Crippen LogP) is 3.43. The molecule has 4 aliphatic rings. The van der Waals surface area contributed by atoms with E-state index in [0.29, 0.717) is 23.7 Å². The zero-order valence-corrected chi connectivity index (χ0v) is 14.9. The standard InChI is InChI=1S/C18H30O5/c1-10-6-7-13-11(2)14(20-5)21-17(4)15-18(13,17)12(10)8-9-16(3,22-15)23-19/h10-15,19H,6-9H2,1-5H3. The molecule has 1 spiro atoms. The molecule has 2 aliphatic carbocycles. The molecule has 1 N–H and O–H groups in total. The minimum absolute atomic E-state index is 0.0324. The van der Waals surface area contributed by atoms with Gasteiger partial charge in [0.25, 0.3) is 0 Å². The maximum Gasteiger partial charge on any atom is 0.198 e. The van der Waals surface area contributed by atoms with E-state index in [1.54, 1.807) is 7.11 Å². The zero-order chi connectivity index (χ0) is 16.6. The van der Waals surface area contributed by atoms with Crippen molar-refractivity contribution < 1.29 is 24.4 Å². The Labute approximate surface area is 138 Å². The van der Waals surface area contributed by atoms with Gasteiger partial charge in [0.1, 0.15) is 5.60 Å². The number of methoxy groups -OCH3 is 1. The molecular formula is C18H30O5. The van der Waals surface area contributed by atoms with Gasteiger partial charge in [-0.15, -0.1) is 0 Å². The van der Waals surface area contributed by atoms with Crippen molar-refractivity contribution in [1.82, 2.24) is 0 Å². The van der Waals surface area contributed by atoms with Crippen LogP contribution in [0.15, 0.2) is 0 Å². The summed E-state index contributed by atoms with van der Waals surface area (Å²) in [5.41, 5.74) is -0.306. The number of hydrogen-bond acceptors (Lipinski definition) is 5. The van der Waals surface area contributed by atoms with Crippen molar-refractivity contribution >= 4 is 0 Å². The molecule has 0 aromatic heterocycles. The van der Waals surface area contributed by atoms with Gasteiger partial charge in [-0.05, 0) is 44.4 Å². The monoisotopic (exact) mass is 326 g/mol. The van der Waals surface area contributed by atoms with Crippen LogP contribution in [0.1, 0.15) is 53.4 Å². The van der Waals surface area contributed by atoms with Gasteiger partial charge in [0, 0.05) is 24.9 Å². The Balaban J connectivity index is 1.79. The SMILES string of the molecule is COC1OC2(C)C3OC(C)(OO)CCC4C(C)CCC(C1C)C432. The largest absolute Gasteiger partial charge is 0.356 e. The van der Waals surface area contributed by atoms with Crippen LogP contribution in [0.25, 0.3) is 0 Å². The van der Waals surface area contributed by atoms with Crippen molar-refractivity contribution in [1.29, 1.82) is 0 Å². The first-order valence-electron chi connectivity index (χ1n) is 9.05. The van der Waals surface area contributed by atoms with E-state index in [2.05, 4.69) is 20.8 Å². The Morgan fingerprint density at radius 3 is 2.43 bits per heavy atom. The highest BCUT2D eigenvalue weighted by Gasteiger charge is 2.87. The fourth-order valence-electron chi connectivity index (χ4n) is 6.55. The first kappa shape index (κ1) is 16.3. The van der Waals surface area contributed by atoms with Gasteiger partial charge in [0.2, 0.25) is 0 Å². The van der Waals surface area contributed by atoms with Crippen molar-refractivity contribution in [3.8, 4) is 0 Å². The molecule has 4 rings (SSSR count). The van der Waals surface area contributed by atoms with E-state index in [4.69, 9.17) is 19.1 Å². The normalized spacial score (nSPS) is 61.3. The fourth-order valence-corrected chi connectivity index (χ4v) is 6.55. The van der Waals surface area contributed by atoms with E-state index in [1.807, 2.05) is 6.92 Å². The topological polar surface area (TPSA) is 57.2 Å². The number of fused-ring (bicyclic) bond motifs is 1. The van der Waals surface area contributed by atoms with Gasteiger partial charge in [-0.25, -0.2) is 10.1 Å². The molecule has 2 aliphatic heterocycles. The van der Waals surface area contributed by atoms with Crippen LogP contribution in [-0.2, 0) is 19.1 Å². The number of ether oxygens (including phenoxy) is 3. The van der Waals surface area contributed by atoms with Crippen LogP contribution >= 0.6 is 0 Å². The lowest BCUT2D eigenvalue weighted by Crippen LogP contribution is -2.52. The minimum atomic E-state index is -0.934. The summed E-state index contributed by atoms with van der Waals surface area (Å²) in [5, 5.41) is 9.39. The van der Waals surface area contributed by atoms with Crippen molar-refractivity contribution in [3.63, 3.8) is 0 Å². The predicted molar refractivity (Wildman–Crippen MR) is 83.5 cm³/mol. The maximum atomic E-state index is 9.39.